The van der Waals surface area contributed by atoms with Crippen LogP contribution in [-0.2, 0) is 0 Å². The summed E-state index contributed by atoms with van der Waals surface area (Å²) >= 11 is 10.1. The molecule has 2 rings (SSSR count). The molecular formula is C13H8Br3NO. The standard InChI is InChI=1S/C13H8Br3NO/c14-8-2-1-3-10(6-8)17-13(18)11-5-4-9(15)7-12(11)16/h1-7H,(H,17,18). The molecule has 0 fully saturated rings. The summed E-state index contributed by atoms with van der Waals surface area (Å²) in [6.07, 6.45) is 0. The highest BCUT2D eigenvalue weighted by atomic mass is 79.9. The van der Waals surface area contributed by atoms with E-state index in [0.717, 1.165) is 19.1 Å². The summed E-state index contributed by atoms with van der Waals surface area (Å²) in [5.41, 5.74) is 1.35. The van der Waals surface area contributed by atoms with Crippen LogP contribution in [0.3, 0.4) is 0 Å². The van der Waals surface area contributed by atoms with Crippen LogP contribution in [0, 0.1) is 0 Å². The topological polar surface area (TPSA) is 29.1 Å². The SMILES string of the molecule is O=C(Nc1cccc(Br)c1)c1ccc(Br)cc1Br. The second-order valence-corrected chi connectivity index (χ2v) is 6.27. The van der Waals surface area contributed by atoms with Gasteiger partial charge < -0.3 is 5.32 Å². The minimum atomic E-state index is -0.146. The summed E-state index contributed by atoms with van der Waals surface area (Å²) in [5, 5.41) is 2.85. The summed E-state index contributed by atoms with van der Waals surface area (Å²) in [5.74, 6) is -0.146. The Labute approximate surface area is 130 Å². The summed E-state index contributed by atoms with van der Waals surface area (Å²) in [7, 11) is 0. The van der Waals surface area contributed by atoms with E-state index in [-0.39, 0.29) is 5.91 Å². The molecule has 1 N–H and O–H groups in total. The van der Waals surface area contributed by atoms with E-state index in [1.54, 1.807) is 6.07 Å². The smallest absolute Gasteiger partial charge is 0.256 e. The van der Waals surface area contributed by atoms with E-state index >= 15 is 0 Å². The van der Waals surface area contributed by atoms with Crippen molar-refractivity contribution in [2.45, 2.75) is 0 Å². The average Bonchev–Trinajstić information content (AvgIpc) is 2.28. The third-order valence-corrected chi connectivity index (χ3v) is 3.90. The van der Waals surface area contributed by atoms with Crippen LogP contribution in [-0.4, -0.2) is 5.91 Å². The summed E-state index contributed by atoms with van der Waals surface area (Å²) in [4.78, 5) is 12.1. The molecule has 5 heteroatoms. The number of halogens is 3. The first-order valence-electron chi connectivity index (χ1n) is 5.08. The number of amides is 1. The van der Waals surface area contributed by atoms with Gasteiger partial charge >= 0.3 is 0 Å². The Morgan fingerprint density at radius 2 is 1.67 bits per heavy atom. The maximum absolute atomic E-state index is 12.1. The fraction of sp³-hybridized carbons (Fsp3) is 0. The number of hydrogen-bond acceptors (Lipinski definition) is 1. The number of anilines is 1. The number of hydrogen-bond donors (Lipinski definition) is 1. The van der Waals surface area contributed by atoms with Crippen molar-refractivity contribution in [3.05, 3.63) is 61.4 Å². The average molecular weight is 434 g/mol. The van der Waals surface area contributed by atoms with Crippen molar-refractivity contribution in [2.24, 2.45) is 0 Å². The molecule has 0 aliphatic rings. The normalized spacial score (nSPS) is 10.2. The predicted molar refractivity (Wildman–Crippen MR) is 83.9 cm³/mol. The van der Waals surface area contributed by atoms with Gasteiger partial charge in [-0.25, -0.2) is 0 Å². The van der Waals surface area contributed by atoms with Crippen LogP contribution < -0.4 is 5.32 Å². The molecule has 0 unspecified atom stereocenters. The lowest BCUT2D eigenvalue weighted by atomic mass is 10.2. The van der Waals surface area contributed by atoms with Crippen molar-refractivity contribution >= 4 is 59.4 Å². The monoisotopic (exact) mass is 431 g/mol. The molecule has 1 amide bonds. The van der Waals surface area contributed by atoms with Gasteiger partial charge in [0.25, 0.3) is 5.91 Å². The van der Waals surface area contributed by atoms with E-state index in [1.807, 2.05) is 36.4 Å². The first-order chi connectivity index (χ1) is 8.56. The fourth-order valence-electron chi connectivity index (χ4n) is 1.44. The summed E-state index contributed by atoms with van der Waals surface area (Å²) in [6, 6.07) is 12.9. The number of nitrogens with one attached hydrogen (secondary N) is 1. The summed E-state index contributed by atoms with van der Waals surface area (Å²) in [6.45, 7) is 0. The fourth-order valence-corrected chi connectivity index (χ4v) is 3.06. The van der Waals surface area contributed by atoms with Gasteiger partial charge in [0, 0.05) is 19.1 Å². The maximum atomic E-state index is 12.1. The molecule has 2 aromatic rings. The molecule has 2 nitrogen and oxygen atoms in total. The van der Waals surface area contributed by atoms with Gasteiger partial charge in [0.15, 0.2) is 0 Å². The molecule has 18 heavy (non-hydrogen) atoms. The van der Waals surface area contributed by atoms with E-state index < -0.39 is 0 Å². The van der Waals surface area contributed by atoms with Crippen molar-refractivity contribution in [1.29, 1.82) is 0 Å². The van der Waals surface area contributed by atoms with Crippen molar-refractivity contribution in [1.82, 2.24) is 0 Å². The predicted octanol–water partition coefficient (Wildman–Crippen LogP) is 5.23. The Hall–Kier alpha value is -0.650. The van der Waals surface area contributed by atoms with Gasteiger partial charge in [-0.3, -0.25) is 4.79 Å². The minimum absolute atomic E-state index is 0.146. The molecular weight excluding hydrogens is 426 g/mol. The van der Waals surface area contributed by atoms with Crippen LogP contribution in [0.15, 0.2) is 55.9 Å². The van der Waals surface area contributed by atoms with Crippen LogP contribution in [0.4, 0.5) is 5.69 Å². The lowest BCUT2D eigenvalue weighted by Crippen LogP contribution is -2.12. The van der Waals surface area contributed by atoms with Crippen LogP contribution in [0.1, 0.15) is 10.4 Å². The highest BCUT2D eigenvalue weighted by molar-refractivity contribution is 9.11. The van der Waals surface area contributed by atoms with Gasteiger partial charge in [0.2, 0.25) is 0 Å². The zero-order valence-corrected chi connectivity index (χ0v) is 13.8. The maximum Gasteiger partial charge on any atom is 0.256 e. The molecule has 0 aromatic heterocycles. The van der Waals surface area contributed by atoms with E-state index in [1.165, 1.54) is 0 Å². The Morgan fingerprint density at radius 1 is 0.944 bits per heavy atom. The Bertz CT molecular complexity index is 599. The van der Waals surface area contributed by atoms with Crippen LogP contribution in [0.2, 0.25) is 0 Å². The molecule has 0 spiro atoms. The van der Waals surface area contributed by atoms with E-state index in [0.29, 0.717) is 5.56 Å². The lowest BCUT2D eigenvalue weighted by molar-refractivity contribution is 0.102. The van der Waals surface area contributed by atoms with Gasteiger partial charge in [0.05, 0.1) is 5.56 Å². The lowest BCUT2D eigenvalue weighted by Gasteiger charge is -2.07. The third-order valence-electron chi connectivity index (χ3n) is 2.26. The van der Waals surface area contributed by atoms with Crippen LogP contribution >= 0.6 is 47.8 Å². The second-order valence-electron chi connectivity index (χ2n) is 3.59. The first kappa shape index (κ1) is 13.8. The second kappa shape index (κ2) is 5.99. The summed E-state index contributed by atoms with van der Waals surface area (Å²) < 4.78 is 2.60. The zero-order chi connectivity index (χ0) is 13.1. The van der Waals surface area contributed by atoms with E-state index in [2.05, 4.69) is 53.1 Å². The number of carbonyl (C=O) groups is 1. The van der Waals surface area contributed by atoms with E-state index in [9.17, 15) is 4.79 Å². The van der Waals surface area contributed by atoms with Gasteiger partial charge in [-0.15, -0.1) is 0 Å². The first-order valence-corrected chi connectivity index (χ1v) is 7.46. The molecule has 0 aliphatic heterocycles. The van der Waals surface area contributed by atoms with Crippen molar-refractivity contribution < 1.29 is 4.79 Å². The number of benzene rings is 2. The molecule has 0 aliphatic carbocycles. The number of carbonyl (C=O) groups excluding carboxylic acids is 1. The van der Waals surface area contributed by atoms with Crippen molar-refractivity contribution in [2.75, 3.05) is 5.32 Å². The van der Waals surface area contributed by atoms with Crippen molar-refractivity contribution in [3.8, 4) is 0 Å². The molecule has 92 valence electrons. The molecule has 0 saturated heterocycles. The Kier molecular flexibility index (Phi) is 4.59. The van der Waals surface area contributed by atoms with Crippen molar-refractivity contribution in [3.63, 3.8) is 0 Å². The highest BCUT2D eigenvalue weighted by Crippen LogP contribution is 2.23. The molecule has 0 atom stereocenters. The van der Waals surface area contributed by atoms with Gasteiger partial charge in [-0.05, 0) is 52.3 Å². The highest BCUT2D eigenvalue weighted by Gasteiger charge is 2.10. The Morgan fingerprint density at radius 3 is 2.33 bits per heavy atom. The van der Waals surface area contributed by atoms with Gasteiger partial charge in [-0.1, -0.05) is 37.9 Å². The largest absolute Gasteiger partial charge is 0.322 e. The molecule has 0 radical (unpaired) electrons. The van der Waals surface area contributed by atoms with Gasteiger partial charge in [-0.2, -0.15) is 0 Å². The molecule has 0 bridgehead atoms. The van der Waals surface area contributed by atoms with Gasteiger partial charge in [0.1, 0.15) is 0 Å². The van der Waals surface area contributed by atoms with E-state index in [4.69, 9.17) is 0 Å². The van der Waals surface area contributed by atoms with Crippen LogP contribution in [0.25, 0.3) is 0 Å². The quantitative estimate of drug-likeness (QED) is 0.690. The minimum Gasteiger partial charge on any atom is -0.322 e. The third kappa shape index (κ3) is 3.43. The van der Waals surface area contributed by atoms with Crippen LogP contribution in [0.5, 0.6) is 0 Å². The number of rotatable bonds is 2. The Balaban J connectivity index is 2.22. The molecule has 0 heterocycles. The molecule has 2 aromatic carbocycles. The zero-order valence-electron chi connectivity index (χ0n) is 9.08. The molecule has 0 saturated carbocycles.